The molecule has 0 amide bonds. The molecule has 3 radical (unpaired) electrons. The molecule has 1 nitrogen and oxygen atoms in total. The Hall–Kier alpha value is -0.553. The second kappa shape index (κ2) is 4.45. The van der Waals surface area contributed by atoms with Gasteiger partial charge in [0.05, 0.1) is 6.07 Å². The number of hydrogen-bond donors (Lipinski definition) is 0. The third kappa shape index (κ3) is 3.45. The van der Waals surface area contributed by atoms with Crippen LogP contribution in [-0.4, -0.2) is 10.2 Å². The van der Waals surface area contributed by atoms with Gasteiger partial charge < -0.3 is 0 Å². The van der Waals surface area contributed by atoms with Crippen molar-refractivity contribution in [3.63, 3.8) is 0 Å². The van der Waals surface area contributed by atoms with Crippen LogP contribution >= 0.6 is 0 Å². The van der Waals surface area contributed by atoms with Crippen molar-refractivity contribution in [2.75, 3.05) is 0 Å². The van der Waals surface area contributed by atoms with Crippen LogP contribution in [0.3, 0.4) is 0 Å². The van der Waals surface area contributed by atoms with E-state index in [-0.39, 0.29) is 0 Å². The zero-order chi connectivity index (χ0) is 4.83. The van der Waals surface area contributed by atoms with Crippen LogP contribution in [0.4, 0.5) is 0 Å². The lowest BCUT2D eigenvalue weighted by Crippen LogP contribution is -1.53. The van der Waals surface area contributed by atoms with Gasteiger partial charge in [0.1, 0.15) is 0 Å². The Bertz CT molecular complexity index is 80.0. The van der Waals surface area contributed by atoms with Crippen LogP contribution in [0.25, 0.3) is 0 Å². The molecule has 0 spiro atoms. The highest BCUT2D eigenvalue weighted by Crippen LogP contribution is 1.71. The van der Waals surface area contributed by atoms with Gasteiger partial charge in [-0.05, 0) is 6.04 Å². The van der Waals surface area contributed by atoms with E-state index in [2.05, 4.69) is 10.2 Å². The lowest BCUT2D eigenvalue weighted by Gasteiger charge is -1.62. The highest BCUT2D eigenvalue weighted by Gasteiger charge is 1.58. The highest BCUT2D eigenvalue weighted by molar-refractivity contribution is 6.09. The normalized spacial score (nSPS) is 8.67. The van der Waals surface area contributed by atoms with Crippen LogP contribution in [0.5, 0.6) is 0 Å². The van der Waals surface area contributed by atoms with Crippen molar-refractivity contribution in [1.82, 2.24) is 0 Å². The van der Waals surface area contributed by atoms with E-state index < -0.39 is 0 Å². The molecule has 6 heavy (non-hydrogen) atoms. The van der Waals surface area contributed by atoms with Crippen molar-refractivity contribution >= 4 is 10.2 Å². The Labute approximate surface area is 40.7 Å². The summed E-state index contributed by atoms with van der Waals surface area (Å²) < 4.78 is 0. The van der Waals surface area contributed by atoms with Crippen molar-refractivity contribution in [2.45, 2.75) is 6.04 Å². The van der Waals surface area contributed by atoms with Gasteiger partial charge in [0.25, 0.3) is 0 Å². The summed E-state index contributed by atoms with van der Waals surface area (Å²) in [5.74, 6) is 0. The van der Waals surface area contributed by atoms with E-state index in [9.17, 15) is 0 Å². The molecule has 2 heteroatoms. The molecule has 0 aliphatic rings. The number of allylic oxidation sites excluding steroid dienone is 2. The fourth-order valence-corrected chi connectivity index (χ4v) is 0.229. The van der Waals surface area contributed by atoms with Gasteiger partial charge in [0, 0.05) is 16.3 Å². The first kappa shape index (κ1) is 5.45. The fourth-order valence-electron chi connectivity index (χ4n) is 0.112. The van der Waals surface area contributed by atoms with Gasteiger partial charge in [-0.1, -0.05) is 6.08 Å². The Kier molecular flexibility index (Phi) is 4.04. The monoisotopic (exact) mass is 94.0 g/mol. The molecule has 0 bridgehead atoms. The first-order chi connectivity index (χ1) is 2.91. The molecule has 0 aliphatic heterocycles. The van der Waals surface area contributed by atoms with Crippen LogP contribution in [0, 0.1) is 11.3 Å². The Balaban J connectivity index is 3.02. The summed E-state index contributed by atoms with van der Waals surface area (Å²) in [5.41, 5.74) is 0. The Morgan fingerprint density at radius 2 is 2.50 bits per heavy atom. The Morgan fingerprint density at radius 1 is 1.83 bits per heavy atom. The molecule has 0 heterocycles. The largest absolute Gasteiger partial charge is 0.193 e. The van der Waals surface area contributed by atoms with E-state index >= 15 is 0 Å². The van der Waals surface area contributed by atoms with Crippen LogP contribution in [-0.2, 0) is 0 Å². The molecule has 0 atom stereocenters. The van der Waals surface area contributed by atoms with E-state index in [1.165, 1.54) is 6.08 Å². The highest BCUT2D eigenvalue weighted by atomic mass is 28.1. The zero-order valence-electron chi connectivity index (χ0n) is 3.31. The maximum Gasteiger partial charge on any atom is 0.0908 e. The van der Waals surface area contributed by atoms with E-state index in [4.69, 9.17) is 5.26 Å². The van der Waals surface area contributed by atoms with E-state index in [1.54, 1.807) is 6.08 Å². The van der Waals surface area contributed by atoms with Crippen molar-refractivity contribution < 1.29 is 0 Å². The second-order valence-corrected chi connectivity index (χ2v) is 1.14. The minimum Gasteiger partial charge on any atom is -0.193 e. The van der Waals surface area contributed by atoms with Gasteiger partial charge in [-0.3, -0.25) is 0 Å². The molecule has 0 aromatic heterocycles. The van der Waals surface area contributed by atoms with Crippen LogP contribution in [0.2, 0.25) is 6.04 Å². The summed E-state index contributed by atoms with van der Waals surface area (Å²) in [4.78, 5) is 0. The second-order valence-electron chi connectivity index (χ2n) is 0.736. The molecule has 29 valence electrons. The quantitative estimate of drug-likeness (QED) is 0.346. The lowest BCUT2D eigenvalue weighted by molar-refractivity contribution is 1.53. The summed E-state index contributed by atoms with van der Waals surface area (Å²) >= 11 is 0. The lowest BCUT2D eigenvalue weighted by atomic mass is 10.6. The number of nitrogens with zero attached hydrogens (tertiary/aromatic N) is 1. The summed E-state index contributed by atoms with van der Waals surface area (Å²) in [6, 6.07) is 2.61. The molecule has 0 N–H and O–H groups in total. The van der Waals surface area contributed by atoms with Gasteiger partial charge in [0.2, 0.25) is 0 Å². The van der Waals surface area contributed by atoms with Gasteiger partial charge in [-0.15, -0.1) is 0 Å². The van der Waals surface area contributed by atoms with Gasteiger partial charge in [-0.2, -0.15) is 5.26 Å². The maximum absolute atomic E-state index is 7.84. The van der Waals surface area contributed by atoms with E-state index in [1.807, 2.05) is 6.07 Å². The molecule has 0 rings (SSSR count). The molecule has 0 aromatic carbocycles. The standard InChI is InChI=1S/C4H4NSi/c5-3-1-2-4-6/h1-2H,4H2. The molecule has 0 saturated carbocycles. The third-order valence-corrected chi connectivity index (χ3v) is 0.546. The van der Waals surface area contributed by atoms with Crippen LogP contribution < -0.4 is 0 Å². The summed E-state index contributed by atoms with van der Waals surface area (Å²) in [7, 11) is 3.15. The molecule has 0 unspecified atom stereocenters. The topological polar surface area (TPSA) is 23.8 Å². The number of hydrogen-bond acceptors (Lipinski definition) is 1. The number of rotatable bonds is 1. The fraction of sp³-hybridized carbons (Fsp3) is 0.250. The third-order valence-electron chi connectivity index (χ3n) is 0.310. The first-order valence-electron chi connectivity index (χ1n) is 1.61. The van der Waals surface area contributed by atoms with Crippen LogP contribution in [0.1, 0.15) is 0 Å². The molecule has 0 saturated heterocycles. The molecule has 0 aromatic rings. The number of nitriles is 1. The first-order valence-corrected chi connectivity index (χ1v) is 2.31. The SMILES string of the molecule is N#CC=CC[Si]. The predicted octanol–water partition coefficient (Wildman–Crippen LogP) is 0.653. The van der Waals surface area contributed by atoms with Gasteiger partial charge in [-0.25, -0.2) is 0 Å². The van der Waals surface area contributed by atoms with E-state index in [0.717, 1.165) is 6.04 Å². The zero-order valence-corrected chi connectivity index (χ0v) is 4.31. The van der Waals surface area contributed by atoms with Crippen molar-refractivity contribution in [3.8, 4) is 6.07 Å². The smallest absolute Gasteiger partial charge is 0.0908 e. The van der Waals surface area contributed by atoms with Crippen molar-refractivity contribution in [3.05, 3.63) is 12.2 Å². The summed E-state index contributed by atoms with van der Waals surface area (Å²) in [5, 5.41) is 7.84. The van der Waals surface area contributed by atoms with E-state index in [0.29, 0.717) is 0 Å². The van der Waals surface area contributed by atoms with Crippen LogP contribution in [0.15, 0.2) is 12.2 Å². The average molecular weight is 94.2 g/mol. The Morgan fingerprint density at radius 3 is 2.67 bits per heavy atom. The minimum atomic E-state index is 0.758. The average Bonchev–Trinajstić information content (AvgIpc) is 1.61. The van der Waals surface area contributed by atoms with Crippen molar-refractivity contribution in [2.24, 2.45) is 0 Å². The molecular formula is C4H4NSi. The summed E-state index contributed by atoms with van der Waals surface area (Å²) in [6.07, 6.45) is 3.17. The summed E-state index contributed by atoms with van der Waals surface area (Å²) in [6.45, 7) is 0. The van der Waals surface area contributed by atoms with Gasteiger partial charge in [0.15, 0.2) is 0 Å². The molecular weight excluding hydrogens is 90.1 g/mol. The maximum atomic E-state index is 7.84. The molecule has 0 aliphatic carbocycles. The van der Waals surface area contributed by atoms with Crippen molar-refractivity contribution in [1.29, 1.82) is 5.26 Å². The minimum absolute atomic E-state index is 0.758. The molecule has 0 fully saturated rings. The predicted molar refractivity (Wildman–Crippen MR) is 25.3 cm³/mol. The van der Waals surface area contributed by atoms with Gasteiger partial charge >= 0.3 is 0 Å².